The molecule has 1 nitrogen and oxygen atoms in total. The van der Waals surface area contributed by atoms with Crippen LogP contribution in [-0.4, -0.2) is 6.54 Å². The minimum absolute atomic E-state index is 0.838. The van der Waals surface area contributed by atoms with Crippen LogP contribution in [0.25, 0.3) is 0 Å². The van der Waals surface area contributed by atoms with Crippen molar-refractivity contribution in [1.29, 1.82) is 0 Å². The second kappa shape index (κ2) is 12.2. The van der Waals surface area contributed by atoms with Crippen LogP contribution < -0.4 is 5.32 Å². The van der Waals surface area contributed by atoms with Gasteiger partial charge in [-0.25, -0.2) is 0 Å². The van der Waals surface area contributed by atoms with Crippen molar-refractivity contribution in [3.8, 4) is 0 Å². The molecule has 0 aromatic rings. The van der Waals surface area contributed by atoms with Crippen LogP contribution in [0.15, 0.2) is 12.3 Å². The van der Waals surface area contributed by atoms with Crippen LogP contribution in [0.4, 0.5) is 0 Å². The molecule has 1 atom stereocenters. The normalized spacial score (nSPS) is 19.9. The summed E-state index contributed by atoms with van der Waals surface area (Å²) >= 11 is 0. The van der Waals surface area contributed by atoms with Crippen LogP contribution in [0.5, 0.6) is 0 Å². The Hall–Kier alpha value is -0.460. The Kier molecular flexibility index (Phi) is 14.6. The van der Waals surface area contributed by atoms with E-state index >= 15 is 0 Å². The molecule has 68 valence electrons. The molecule has 0 fully saturated rings. The molecule has 11 heavy (non-hydrogen) atoms. The Morgan fingerprint density at radius 3 is 1.91 bits per heavy atom. The summed E-state index contributed by atoms with van der Waals surface area (Å²) in [6, 6.07) is 0. The largest absolute Gasteiger partial charge is 0.391 e. The van der Waals surface area contributed by atoms with Gasteiger partial charge in [0.15, 0.2) is 0 Å². The standard InChI is InChI=1S/C6H11N.2C2H6/c1-6-3-2-4-7-5-6;2*1-2/h2,4,6-7H,3,5H2,1H3;2*1-2H3. The van der Waals surface area contributed by atoms with Gasteiger partial charge in [0, 0.05) is 6.54 Å². The third-order valence-electron chi connectivity index (χ3n) is 1.24. The number of nitrogens with one attached hydrogen (secondary N) is 1. The first-order valence-corrected chi connectivity index (χ1v) is 4.78. The maximum atomic E-state index is 3.15. The zero-order valence-electron chi connectivity index (χ0n) is 8.65. The molecule has 0 amide bonds. The smallest absolute Gasteiger partial charge is 0.0170 e. The Morgan fingerprint density at radius 1 is 1.18 bits per heavy atom. The Labute approximate surface area is 71.9 Å². The van der Waals surface area contributed by atoms with Gasteiger partial charge in [0.05, 0.1) is 0 Å². The first-order valence-electron chi connectivity index (χ1n) is 4.78. The van der Waals surface area contributed by atoms with Gasteiger partial charge in [-0.05, 0) is 18.5 Å². The van der Waals surface area contributed by atoms with Gasteiger partial charge >= 0.3 is 0 Å². The molecule has 0 saturated heterocycles. The van der Waals surface area contributed by atoms with Crippen LogP contribution in [0, 0.1) is 5.92 Å². The molecule has 0 saturated carbocycles. The van der Waals surface area contributed by atoms with Crippen molar-refractivity contribution >= 4 is 0 Å². The molecule has 1 heteroatoms. The fraction of sp³-hybridized carbons (Fsp3) is 0.800. The van der Waals surface area contributed by atoms with Gasteiger partial charge in [0.25, 0.3) is 0 Å². The van der Waals surface area contributed by atoms with Gasteiger partial charge in [-0.2, -0.15) is 0 Å². The lowest BCUT2D eigenvalue weighted by Gasteiger charge is -2.12. The molecule has 1 rings (SSSR count). The monoisotopic (exact) mass is 157 g/mol. The lowest BCUT2D eigenvalue weighted by Crippen LogP contribution is -2.18. The molecule has 0 aliphatic carbocycles. The maximum absolute atomic E-state index is 3.15. The van der Waals surface area contributed by atoms with Crippen LogP contribution in [0.1, 0.15) is 41.0 Å². The van der Waals surface area contributed by atoms with Gasteiger partial charge in [0.2, 0.25) is 0 Å². The predicted octanol–water partition coefficient (Wildman–Crippen LogP) is 3.18. The second-order valence-electron chi connectivity index (χ2n) is 2.15. The highest BCUT2D eigenvalue weighted by Gasteiger charge is 1.99. The molecule has 1 aliphatic heterocycles. The van der Waals surface area contributed by atoms with E-state index in [4.69, 9.17) is 0 Å². The van der Waals surface area contributed by atoms with E-state index in [9.17, 15) is 0 Å². The average Bonchev–Trinajstić information content (AvgIpc) is 2.13. The number of allylic oxidation sites excluding steroid dienone is 1. The fourth-order valence-electron chi connectivity index (χ4n) is 0.736. The molecule has 0 bridgehead atoms. The quantitative estimate of drug-likeness (QED) is 0.569. The summed E-state index contributed by atoms with van der Waals surface area (Å²) in [5, 5.41) is 3.15. The first kappa shape index (κ1) is 13.2. The Balaban J connectivity index is 0. The molecule has 1 N–H and O–H groups in total. The summed E-state index contributed by atoms with van der Waals surface area (Å²) in [5.74, 6) is 0.838. The lowest BCUT2D eigenvalue weighted by atomic mass is 10.1. The SMILES string of the molecule is CC.CC.CC1CC=CNC1. The molecular formula is C10H23N. The summed E-state index contributed by atoms with van der Waals surface area (Å²) in [7, 11) is 0. The van der Waals surface area contributed by atoms with Gasteiger partial charge in [-0.1, -0.05) is 40.7 Å². The van der Waals surface area contributed by atoms with Crippen LogP contribution in [0.3, 0.4) is 0 Å². The summed E-state index contributed by atoms with van der Waals surface area (Å²) in [6.45, 7) is 11.4. The van der Waals surface area contributed by atoms with E-state index in [0.717, 1.165) is 12.5 Å². The minimum atomic E-state index is 0.838. The van der Waals surface area contributed by atoms with Crippen molar-refractivity contribution in [1.82, 2.24) is 5.32 Å². The molecule has 0 spiro atoms. The van der Waals surface area contributed by atoms with Crippen molar-refractivity contribution in [3.05, 3.63) is 12.3 Å². The zero-order chi connectivity index (χ0) is 9.11. The van der Waals surface area contributed by atoms with Gasteiger partial charge in [0.1, 0.15) is 0 Å². The third kappa shape index (κ3) is 9.54. The molecular weight excluding hydrogens is 134 g/mol. The molecule has 1 heterocycles. The highest BCUT2D eigenvalue weighted by atomic mass is 14.8. The van der Waals surface area contributed by atoms with Crippen LogP contribution in [0.2, 0.25) is 0 Å². The Bertz CT molecular complexity index is 76.9. The fourth-order valence-corrected chi connectivity index (χ4v) is 0.736. The highest BCUT2D eigenvalue weighted by molar-refractivity contribution is 4.87. The van der Waals surface area contributed by atoms with E-state index in [0.29, 0.717) is 0 Å². The minimum Gasteiger partial charge on any atom is -0.391 e. The van der Waals surface area contributed by atoms with E-state index in [1.54, 1.807) is 0 Å². The van der Waals surface area contributed by atoms with Gasteiger partial charge in [-0.3, -0.25) is 0 Å². The van der Waals surface area contributed by atoms with Crippen LogP contribution in [-0.2, 0) is 0 Å². The Morgan fingerprint density at radius 2 is 1.73 bits per heavy atom. The lowest BCUT2D eigenvalue weighted by molar-refractivity contribution is 0.541. The van der Waals surface area contributed by atoms with Crippen LogP contribution >= 0.6 is 0 Å². The summed E-state index contributed by atoms with van der Waals surface area (Å²) in [6.07, 6.45) is 5.45. The summed E-state index contributed by atoms with van der Waals surface area (Å²) < 4.78 is 0. The van der Waals surface area contributed by atoms with Crippen molar-refractivity contribution in [3.63, 3.8) is 0 Å². The molecule has 0 radical (unpaired) electrons. The topological polar surface area (TPSA) is 12.0 Å². The van der Waals surface area contributed by atoms with E-state index in [1.807, 2.05) is 33.9 Å². The first-order chi connectivity index (χ1) is 5.39. The van der Waals surface area contributed by atoms with Crippen molar-refractivity contribution in [2.24, 2.45) is 5.92 Å². The summed E-state index contributed by atoms with van der Waals surface area (Å²) in [4.78, 5) is 0. The van der Waals surface area contributed by atoms with Crippen molar-refractivity contribution < 1.29 is 0 Å². The average molecular weight is 157 g/mol. The van der Waals surface area contributed by atoms with Crippen molar-refractivity contribution in [2.45, 2.75) is 41.0 Å². The number of rotatable bonds is 0. The van der Waals surface area contributed by atoms with E-state index in [-0.39, 0.29) is 0 Å². The third-order valence-corrected chi connectivity index (χ3v) is 1.24. The maximum Gasteiger partial charge on any atom is 0.0170 e. The van der Waals surface area contributed by atoms with Gasteiger partial charge in [-0.15, -0.1) is 0 Å². The highest BCUT2D eigenvalue weighted by Crippen LogP contribution is 2.03. The predicted molar refractivity (Wildman–Crippen MR) is 53.6 cm³/mol. The van der Waals surface area contributed by atoms with Gasteiger partial charge < -0.3 is 5.32 Å². The second-order valence-corrected chi connectivity index (χ2v) is 2.15. The van der Waals surface area contributed by atoms with E-state index in [2.05, 4.69) is 18.3 Å². The molecule has 0 aromatic heterocycles. The number of hydrogen-bond acceptors (Lipinski definition) is 1. The van der Waals surface area contributed by atoms with Crippen molar-refractivity contribution in [2.75, 3.05) is 6.54 Å². The molecule has 1 aliphatic rings. The van der Waals surface area contributed by atoms with E-state index < -0.39 is 0 Å². The number of hydrogen-bond donors (Lipinski definition) is 1. The summed E-state index contributed by atoms with van der Waals surface area (Å²) in [5.41, 5.74) is 0. The molecule has 0 aromatic carbocycles. The van der Waals surface area contributed by atoms with E-state index in [1.165, 1.54) is 6.42 Å². The zero-order valence-corrected chi connectivity index (χ0v) is 8.65. The molecule has 1 unspecified atom stereocenters.